The number of H-pyrrole nitrogens is 1. The van der Waals surface area contributed by atoms with Gasteiger partial charge in [-0.05, 0) is 68.1 Å². The molecule has 2 atom stereocenters. The Labute approximate surface area is 205 Å². The molecule has 1 fully saturated rings. The zero-order valence-corrected chi connectivity index (χ0v) is 20.7. The van der Waals surface area contributed by atoms with Gasteiger partial charge in [0.2, 0.25) is 0 Å². The third-order valence-corrected chi connectivity index (χ3v) is 6.31. The number of primary amides is 1. The summed E-state index contributed by atoms with van der Waals surface area (Å²) >= 11 is 0. The minimum absolute atomic E-state index is 0.190. The monoisotopic (exact) mass is 478 g/mol. The van der Waals surface area contributed by atoms with Gasteiger partial charge in [-0.25, -0.2) is 0 Å². The number of aromatic hydroxyl groups is 1. The van der Waals surface area contributed by atoms with Crippen molar-refractivity contribution in [1.29, 1.82) is 0 Å². The van der Waals surface area contributed by atoms with E-state index in [-0.39, 0.29) is 23.5 Å². The molecule has 3 aromatic rings. The lowest BCUT2D eigenvalue weighted by Gasteiger charge is -2.38. The Morgan fingerprint density at radius 2 is 1.91 bits per heavy atom. The van der Waals surface area contributed by atoms with Crippen LogP contribution in [0.5, 0.6) is 5.75 Å². The average molecular weight is 479 g/mol. The molecule has 0 radical (unpaired) electrons. The molecule has 1 aliphatic rings. The van der Waals surface area contributed by atoms with Crippen LogP contribution in [-0.2, 0) is 11.3 Å². The summed E-state index contributed by atoms with van der Waals surface area (Å²) in [7, 11) is 0. The van der Waals surface area contributed by atoms with Crippen LogP contribution in [0.25, 0.3) is 0 Å². The van der Waals surface area contributed by atoms with Crippen LogP contribution in [0.3, 0.4) is 0 Å². The van der Waals surface area contributed by atoms with Gasteiger partial charge in [-0.2, -0.15) is 5.10 Å². The molecule has 2 aromatic carbocycles. The third-order valence-electron chi connectivity index (χ3n) is 6.31. The molecule has 186 valence electrons. The number of nitrogens with zero attached hydrogens (tertiary/aromatic N) is 2. The highest BCUT2D eigenvalue weighted by Gasteiger charge is 2.24. The van der Waals surface area contributed by atoms with Gasteiger partial charge in [-0.3, -0.25) is 9.89 Å². The van der Waals surface area contributed by atoms with E-state index < -0.39 is 5.91 Å². The van der Waals surface area contributed by atoms with Gasteiger partial charge in [0.25, 0.3) is 5.91 Å². The number of nitrogens with one attached hydrogen (secondary N) is 3. The lowest BCUT2D eigenvalue weighted by atomic mass is 10.1. The first-order valence-electron chi connectivity index (χ1n) is 11.9. The van der Waals surface area contributed by atoms with Gasteiger partial charge in [0.1, 0.15) is 17.1 Å². The summed E-state index contributed by atoms with van der Waals surface area (Å²) in [4.78, 5) is 14.6. The van der Waals surface area contributed by atoms with Crippen molar-refractivity contribution in [2.75, 3.05) is 28.6 Å². The summed E-state index contributed by atoms with van der Waals surface area (Å²) in [5, 5.41) is 23.5. The maximum Gasteiger partial charge on any atom is 0.256 e. The number of hydrogen-bond acceptors (Lipinski definition) is 7. The molecule has 0 saturated carbocycles. The van der Waals surface area contributed by atoms with Crippen LogP contribution in [0.15, 0.2) is 36.4 Å². The van der Waals surface area contributed by atoms with Gasteiger partial charge in [0, 0.05) is 31.0 Å². The summed E-state index contributed by atoms with van der Waals surface area (Å²) in [6.07, 6.45) is 1.41. The highest BCUT2D eigenvalue weighted by atomic mass is 16.5. The predicted octanol–water partition coefficient (Wildman–Crippen LogP) is 4.19. The summed E-state index contributed by atoms with van der Waals surface area (Å²) in [6.45, 7) is 10.1. The average Bonchev–Trinajstić information content (AvgIpc) is 3.23. The molecule has 0 spiro atoms. The van der Waals surface area contributed by atoms with Crippen LogP contribution in [0.1, 0.15) is 47.3 Å². The van der Waals surface area contributed by atoms with Gasteiger partial charge in [-0.15, -0.1) is 0 Å². The fraction of sp³-hybridized carbons (Fsp3) is 0.385. The van der Waals surface area contributed by atoms with Crippen molar-refractivity contribution in [3.05, 3.63) is 58.7 Å². The molecule has 1 aromatic heterocycles. The number of rotatable bonds is 8. The first-order valence-corrected chi connectivity index (χ1v) is 11.9. The van der Waals surface area contributed by atoms with Gasteiger partial charge < -0.3 is 31.1 Å². The van der Waals surface area contributed by atoms with Crippen LogP contribution in [0, 0.1) is 13.8 Å². The Morgan fingerprint density at radius 1 is 1.23 bits per heavy atom. The largest absolute Gasteiger partial charge is 0.507 e. The minimum Gasteiger partial charge on any atom is -0.507 e. The molecule has 0 bridgehead atoms. The van der Waals surface area contributed by atoms with Gasteiger partial charge in [0.05, 0.1) is 12.2 Å². The van der Waals surface area contributed by atoms with E-state index in [2.05, 4.69) is 51.7 Å². The summed E-state index contributed by atoms with van der Waals surface area (Å²) in [5.41, 5.74) is 10.4. The number of benzene rings is 2. The van der Waals surface area contributed by atoms with Crippen LogP contribution >= 0.6 is 0 Å². The topological polar surface area (TPSA) is 129 Å². The maximum absolute atomic E-state index is 12.2. The smallest absolute Gasteiger partial charge is 0.256 e. The van der Waals surface area contributed by atoms with Crippen molar-refractivity contribution in [2.24, 2.45) is 5.73 Å². The number of aromatic nitrogens is 2. The fourth-order valence-electron chi connectivity index (χ4n) is 4.52. The van der Waals surface area contributed by atoms with Gasteiger partial charge >= 0.3 is 0 Å². The Kier molecular flexibility index (Phi) is 7.16. The molecule has 1 aliphatic heterocycles. The van der Waals surface area contributed by atoms with Crippen molar-refractivity contribution in [1.82, 2.24) is 10.2 Å². The number of phenolic OH excluding ortho intramolecular Hbond substituents is 1. The number of aryl methyl sites for hydroxylation is 2. The number of aromatic amines is 1. The van der Waals surface area contributed by atoms with E-state index in [1.165, 1.54) is 0 Å². The molecule has 9 nitrogen and oxygen atoms in total. The second kappa shape index (κ2) is 10.3. The van der Waals surface area contributed by atoms with E-state index in [9.17, 15) is 9.90 Å². The third kappa shape index (κ3) is 5.51. The van der Waals surface area contributed by atoms with Crippen molar-refractivity contribution in [3.63, 3.8) is 0 Å². The van der Waals surface area contributed by atoms with Crippen LogP contribution in [0.4, 0.5) is 23.0 Å². The highest BCUT2D eigenvalue weighted by Crippen LogP contribution is 2.28. The van der Waals surface area contributed by atoms with E-state index in [1.807, 2.05) is 38.1 Å². The second-order valence-electron chi connectivity index (χ2n) is 9.17. The first-order chi connectivity index (χ1) is 16.7. The Bertz CT molecular complexity index is 1170. The SMILES string of the molecule is CC[C@H]1CN(c2ccc(Nc3[nH]nc(NCc4cc(C)c(O)c(C)c4)c3C(N)=O)cc2)C[C@@H](C)O1. The lowest BCUT2D eigenvalue weighted by Crippen LogP contribution is -2.46. The van der Waals surface area contributed by atoms with E-state index in [0.29, 0.717) is 18.2 Å². The number of ether oxygens (including phenoxy) is 1. The van der Waals surface area contributed by atoms with Gasteiger partial charge in [-0.1, -0.05) is 19.1 Å². The molecule has 9 heteroatoms. The molecular formula is C26H34N6O3. The zero-order chi connectivity index (χ0) is 25.1. The number of hydrogen-bond donors (Lipinski definition) is 5. The molecule has 0 aliphatic carbocycles. The molecule has 35 heavy (non-hydrogen) atoms. The van der Waals surface area contributed by atoms with Gasteiger partial charge in [0.15, 0.2) is 5.82 Å². The van der Waals surface area contributed by atoms with Crippen molar-refractivity contribution in [3.8, 4) is 5.75 Å². The molecule has 6 N–H and O–H groups in total. The fourth-order valence-corrected chi connectivity index (χ4v) is 4.52. The molecule has 0 unspecified atom stereocenters. The number of carbonyl (C=O) groups is 1. The second-order valence-corrected chi connectivity index (χ2v) is 9.17. The summed E-state index contributed by atoms with van der Waals surface area (Å²) in [5.74, 6) is 0.494. The zero-order valence-electron chi connectivity index (χ0n) is 20.7. The standard InChI is InChI=1S/C26H34N6O3/c1-5-21-14-32(13-17(4)35-21)20-8-6-19(7-9-20)29-26-22(24(27)34)25(30-31-26)28-12-18-10-15(2)23(33)16(3)11-18/h6-11,17,21,33H,5,12-14H2,1-4H3,(H2,27,34)(H3,28,29,30,31)/t17-,21+/m1/s1. The molecular weight excluding hydrogens is 444 g/mol. The summed E-state index contributed by atoms with van der Waals surface area (Å²) < 4.78 is 5.97. The number of anilines is 4. The van der Waals surface area contributed by atoms with Crippen molar-refractivity contribution < 1.29 is 14.6 Å². The van der Waals surface area contributed by atoms with Crippen LogP contribution < -0.4 is 21.3 Å². The number of morpholine rings is 1. The molecule has 2 heterocycles. The molecule has 1 amide bonds. The number of nitrogens with two attached hydrogens (primary N) is 1. The molecule has 1 saturated heterocycles. The first kappa shape index (κ1) is 24.4. The van der Waals surface area contributed by atoms with Crippen molar-refractivity contribution >= 4 is 28.9 Å². The van der Waals surface area contributed by atoms with E-state index >= 15 is 0 Å². The predicted molar refractivity (Wildman–Crippen MR) is 139 cm³/mol. The van der Waals surface area contributed by atoms with Crippen molar-refractivity contribution in [2.45, 2.75) is 52.9 Å². The normalized spacial score (nSPS) is 17.9. The maximum atomic E-state index is 12.2. The summed E-state index contributed by atoms with van der Waals surface area (Å²) in [6, 6.07) is 11.8. The quantitative estimate of drug-likeness (QED) is 0.328. The number of phenols is 1. The number of amides is 1. The van der Waals surface area contributed by atoms with Crippen LogP contribution in [-0.4, -0.2) is 46.5 Å². The lowest BCUT2D eigenvalue weighted by molar-refractivity contribution is -0.0172. The molecule has 4 rings (SSSR count). The highest BCUT2D eigenvalue weighted by molar-refractivity contribution is 6.03. The Hall–Kier alpha value is -3.72. The minimum atomic E-state index is -0.591. The van der Waals surface area contributed by atoms with E-state index in [4.69, 9.17) is 10.5 Å². The van der Waals surface area contributed by atoms with E-state index in [1.54, 1.807) is 0 Å². The Balaban J connectivity index is 1.46. The Morgan fingerprint density at radius 3 is 2.54 bits per heavy atom. The van der Waals surface area contributed by atoms with E-state index in [0.717, 1.165) is 47.6 Å². The number of carbonyl (C=O) groups excluding carboxylic acids is 1. The van der Waals surface area contributed by atoms with Crippen LogP contribution in [0.2, 0.25) is 0 Å².